The number of carboxylic acid groups (broad SMARTS) is 1. The lowest BCUT2D eigenvalue weighted by Gasteiger charge is -2.11. The molecule has 0 spiro atoms. The van der Waals surface area contributed by atoms with E-state index in [-0.39, 0.29) is 11.3 Å². The quantitative estimate of drug-likeness (QED) is 0.384. The van der Waals surface area contributed by atoms with E-state index in [1.807, 2.05) is 34.4 Å². The molecule has 8 heteroatoms. The van der Waals surface area contributed by atoms with E-state index in [4.69, 9.17) is 0 Å². The molecule has 0 saturated carbocycles. The largest absolute Gasteiger partial charge is 0.506 e. The van der Waals surface area contributed by atoms with Gasteiger partial charge >= 0.3 is 5.97 Å². The molecule has 4 aromatic rings. The van der Waals surface area contributed by atoms with Gasteiger partial charge in [0, 0.05) is 47.6 Å². The molecule has 0 aliphatic heterocycles. The molecular formula is C22H20BrN3O3S. The van der Waals surface area contributed by atoms with Crippen LogP contribution in [-0.2, 0) is 25.1 Å². The summed E-state index contributed by atoms with van der Waals surface area (Å²) in [5.41, 5.74) is 3.49. The molecule has 0 aliphatic rings. The van der Waals surface area contributed by atoms with Crippen molar-refractivity contribution in [3.05, 3.63) is 82.0 Å². The highest BCUT2D eigenvalue weighted by Crippen LogP contribution is 2.40. The number of halogens is 1. The van der Waals surface area contributed by atoms with Crippen molar-refractivity contribution in [2.24, 2.45) is 7.05 Å². The van der Waals surface area contributed by atoms with Crippen LogP contribution in [0.5, 0.6) is 5.75 Å². The second-order valence-electron chi connectivity index (χ2n) is 6.98. The van der Waals surface area contributed by atoms with Crippen molar-refractivity contribution in [2.75, 3.05) is 0 Å². The van der Waals surface area contributed by atoms with Gasteiger partial charge in [0.1, 0.15) is 5.75 Å². The zero-order valence-corrected chi connectivity index (χ0v) is 18.7. The van der Waals surface area contributed by atoms with Gasteiger partial charge in [-0.25, -0.2) is 9.78 Å². The Bertz CT molecular complexity index is 1200. The fraction of sp³-hybridized carbons (Fsp3) is 0.182. The lowest BCUT2D eigenvalue weighted by atomic mass is 10.0. The van der Waals surface area contributed by atoms with Crippen LogP contribution < -0.4 is 0 Å². The zero-order chi connectivity index (χ0) is 21.3. The summed E-state index contributed by atoms with van der Waals surface area (Å²) in [4.78, 5) is 16.3. The maximum atomic E-state index is 12.3. The fourth-order valence-electron chi connectivity index (χ4n) is 3.63. The second kappa shape index (κ2) is 8.57. The number of aromatic nitrogens is 3. The summed E-state index contributed by atoms with van der Waals surface area (Å²) in [5, 5.41) is 21.4. The highest BCUT2D eigenvalue weighted by molar-refractivity contribution is 9.10. The van der Waals surface area contributed by atoms with Gasteiger partial charge in [-0.1, -0.05) is 30.3 Å². The molecule has 0 atom stereocenters. The number of nitrogens with zero attached hydrogens (tertiary/aromatic N) is 3. The molecule has 2 aromatic heterocycles. The minimum atomic E-state index is -0.996. The molecule has 2 heterocycles. The van der Waals surface area contributed by atoms with Crippen LogP contribution in [0.25, 0.3) is 10.9 Å². The molecule has 6 nitrogen and oxygen atoms in total. The number of rotatable bonds is 7. The van der Waals surface area contributed by atoms with E-state index in [0.717, 1.165) is 17.0 Å². The molecule has 0 fully saturated rings. The number of fused-ring (bicyclic) bond motifs is 1. The number of phenols is 1. The number of thioether (sulfide) groups is 1. The van der Waals surface area contributed by atoms with Crippen LogP contribution in [-0.4, -0.2) is 30.3 Å². The Kier molecular flexibility index (Phi) is 5.87. The first kappa shape index (κ1) is 20.6. The summed E-state index contributed by atoms with van der Waals surface area (Å²) in [7, 11) is 1.87. The minimum absolute atomic E-state index is 0.0489. The monoisotopic (exact) mass is 485 g/mol. The second-order valence-corrected chi connectivity index (χ2v) is 8.82. The Labute approximate surface area is 186 Å². The standard InChI is InChI=1S/C22H20BrN3O3S/c1-25-17-9-16(23)21(27)15(10-26-8-7-24-13-26)19(17)20(22(28)29)18(25)12-30-11-14-5-3-2-4-6-14/h2-9,13,27H,10-12H2,1H3,(H,28,29). The number of phenolic OH excluding ortho intramolecular Hbond substituents is 1. The predicted octanol–water partition coefficient (Wildman–Crippen LogP) is 5.02. The van der Waals surface area contributed by atoms with Crippen molar-refractivity contribution in [3.63, 3.8) is 0 Å². The van der Waals surface area contributed by atoms with E-state index in [1.165, 1.54) is 5.56 Å². The van der Waals surface area contributed by atoms with Crippen molar-refractivity contribution >= 4 is 44.6 Å². The normalized spacial score (nSPS) is 11.3. The number of carboxylic acids is 1. The third-order valence-corrected chi connectivity index (χ3v) is 6.72. The van der Waals surface area contributed by atoms with Gasteiger partial charge in [-0.15, -0.1) is 0 Å². The molecular weight excluding hydrogens is 466 g/mol. The van der Waals surface area contributed by atoms with Crippen LogP contribution in [0.4, 0.5) is 0 Å². The summed E-state index contributed by atoms with van der Waals surface area (Å²) in [5.74, 6) is 0.389. The number of aromatic hydroxyl groups is 1. The van der Waals surface area contributed by atoms with Crippen LogP contribution in [0.1, 0.15) is 27.2 Å². The topological polar surface area (TPSA) is 80.3 Å². The number of aromatic carboxylic acids is 1. The number of aryl methyl sites for hydroxylation is 1. The first-order valence-electron chi connectivity index (χ1n) is 9.29. The van der Waals surface area contributed by atoms with E-state index < -0.39 is 5.97 Å². The molecule has 0 saturated heterocycles. The average molecular weight is 486 g/mol. The third-order valence-electron chi connectivity index (χ3n) is 5.10. The Morgan fingerprint density at radius 2 is 2.00 bits per heavy atom. The number of hydrogen-bond acceptors (Lipinski definition) is 4. The van der Waals surface area contributed by atoms with Gasteiger partial charge in [0.25, 0.3) is 0 Å². The molecule has 4 rings (SSSR count). The summed E-state index contributed by atoms with van der Waals surface area (Å²) in [6.45, 7) is 0.322. The van der Waals surface area contributed by atoms with Gasteiger partial charge < -0.3 is 19.3 Å². The van der Waals surface area contributed by atoms with E-state index in [1.54, 1.807) is 36.5 Å². The van der Waals surface area contributed by atoms with Gasteiger partial charge in [-0.2, -0.15) is 11.8 Å². The Hall–Kier alpha value is -2.71. The average Bonchev–Trinajstić information content (AvgIpc) is 3.33. The summed E-state index contributed by atoms with van der Waals surface area (Å²) in [6.07, 6.45) is 5.08. The maximum absolute atomic E-state index is 12.3. The lowest BCUT2D eigenvalue weighted by Crippen LogP contribution is -2.04. The van der Waals surface area contributed by atoms with Gasteiger partial charge in [0.15, 0.2) is 0 Å². The van der Waals surface area contributed by atoms with Crippen molar-refractivity contribution in [1.29, 1.82) is 0 Å². The molecule has 0 amide bonds. The Balaban J connectivity index is 1.79. The minimum Gasteiger partial charge on any atom is -0.506 e. The van der Waals surface area contributed by atoms with E-state index in [9.17, 15) is 15.0 Å². The number of imidazole rings is 1. The van der Waals surface area contributed by atoms with Gasteiger partial charge in [0.2, 0.25) is 0 Å². The van der Waals surface area contributed by atoms with Crippen LogP contribution >= 0.6 is 27.7 Å². The van der Waals surface area contributed by atoms with Crippen molar-refractivity contribution in [1.82, 2.24) is 14.1 Å². The molecule has 0 radical (unpaired) electrons. The molecule has 2 N–H and O–H groups in total. The van der Waals surface area contributed by atoms with Gasteiger partial charge in [0.05, 0.1) is 28.4 Å². The lowest BCUT2D eigenvalue weighted by molar-refractivity contribution is 0.0698. The first-order valence-corrected chi connectivity index (χ1v) is 11.2. The van der Waals surface area contributed by atoms with Crippen LogP contribution in [0.2, 0.25) is 0 Å². The predicted molar refractivity (Wildman–Crippen MR) is 122 cm³/mol. The maximum Gasteiger partial charge on any atom is 0.338 e. The van der Waals surface area contributed by atoms with Crippen molar-refractivity contribution < 1.29 is 15.0 Å². The molecule has 0 bridgehead atoms. The molecule has 2 aromatic carbocycles. The molecule has 30 heavy (non-hydrogen) atoms. The zero-order valence-electron chi connectivity index (χ0n) is 16.2. The number of benzene rings is 2. The van der Waals surface area contributed by atoms with Crippen LogP contribution in [0.15, 0.2) is 59.6 Å². The number of carbonyl (C=O) groups is 1. The highest BCUT2D eigenvalue weighted by Gasteiger charge is 2.26. The smallest absolute Gasteiger partial charge is 0.338 e. The molecule has 154 valence electrons. The number of hydrogen-bond donors (Lipinski definition) is 2. The van der Waals surface area contributed by atoms with Gasteiger partial charge in [-0.05, 0) is 27.6 Å². The van der Waals surface area contributed by atoms with Crippen molar-refractivity contribution in [2.45, 2.75) is 18.1 Å². The summed E-state index contributed by atoms with van der Waals surface area (Å²) >= 11 is 5.09. The SMILES string of the molecule is Cn1c(CSCc2ccccc2)c(C(=O)O)c2c(Cn3ccnc3)c(O)c(Br)cc21. The van der Waals surface area contributed by atoms with Crippen LogP contribution in [0.3, 0.4) is 0 Å². The van der Waals surface area contributed by atoms with E-state index in [2.05, 4.69) is 33.0 Å². The van der Waals surface area contributed by atoms with Crippen LogP contribution in [0, 0.1) is 0 Å². The Morgan fingerprint density at radius 3 is 2.67 bits per heavy atom. The third kappa shape index (κ3) is 3.85. The van der Waals surface area contributed by atoms with E-state index in [0.29, 0.717) is 27.7 Å². The molecule has 0 aliphatic carbocycles. The Morgan fingerprint density at radius 1 is 1.23 bits per heavy atom. The van der Waals surface area contributed by atoms with Gasteiger partial charge in [-0.3, -0.25) is 0 Å². The highest BCUT2D eigenvalue weighted by atomic mass is 79.9. The fourth-order valence-corrected chi connectivity index (χ4v) is 5.15. The first-order chi connectivity index (χ1) is 14.5. The van der Waals surface area contributed by atoms with E-state index >= 15 is 0 Å². The molecule has 0 unspecified atom stereocenters. The summed E-state index contributed by atoms with van der Waals surface area (Å²) in [6, 6.07) is 11.9. The summed E-state index contributed by atoms with van der Waals surface area (Å²) < 4.78 is 4.26. The van der Waals surface area contributed by atoms with Crippen molar-refractivity contribution in [3.8, 4) is 5.75 Å².